The number of aromatic nitrogens is 1. The Bertz CT molecular complexity index is 714. The SMILES string of the molecule is CCN(c1ccc(F)cc1)S(=O)(=O)c1sc(Cl)nc1C. The zero-order valence-electron chi connectivity index (χ0n) is 10.8. The van der Waals surface area contributed by atoms with Crippen molar-refractivity contribution < 1.29 is 12.8 Å². The molecule has 0 amide bonds. The molecule has 0 fully saturated rings. The van der Waals surface area contributed by atoms with Gasteiger partial charge in [0, 0.05) is 6.54 Å². The van der Waals surface area contributed by atoms with Crippen LogP contribution in [-0.4, -0.2) is 19.9 Å². The maximum absolute atomic E-state index is 12.9. The lowest BCUT2D eigenvalue weighted by atomic mass is 10.3. The number of hydrogen-bond donors (Lipinski definition) is 0. The molecule has 0 aliphatic heterocycles. The van der Waals surface area contributed by atoms with Crippen LogP contribution in [0, 0.1) is 12.7 Å². The van der Waals surface area contributed by atoms with Crippen molar-refractivity contribution in [1.82, 2.24) is 4.98 Å². The summed E-state index contributed by atoms with van der Waals surface area (Å²) in [5.74, 6) is -0.417. The Morgan fingerprint density at radius 1 is 1.35 bits per heavy atom. The molecule has 0 radical (unpaired) electrons. The Kier molecular flexibility index (Phi) is 4.31. The number of nitrogens with zero attached hydrogens (tertiary/aromatic N) is 2. The van der Waals surface area contributed by atoms with E-state index in [-0.39, 0.29) is 15.2 Å². The molecule has 4 nitrogen and oxygen atoms in total. The summed E-state index contributed by atoms with van der Waals surface area (Å²) in [6.45, 7) is 3.52. The number of sulfonamides is 1. The van der Waals surface area contributed by atoms with Gasteiger partial charge in [-0.2, -0.15) is 0 Å². The van der Waals surface area contributed by atoms with Crippen LogP contribution >= 0.6 is 22.9 Å². The monoisotopic (exact) mass is 334 g/mol. The number of aryl methyl sites for hydroxylation is 1. The fraction of sp³-hybridized carbons (Fsp3) is 0.250. The van der Waals surface area contributed by atoms with E-state index in [9.17, 15) is 12.8 Å². The zero-order valence-corrected chi connectivity index (χ0v) is 13.2. The second kappa shape index (κ2) is 5.67. The molecular formula is C12H12ClFN2O2S2. The molecule has 108 valence electrons. The summed E-state index contributed by atoms with van der Waals surface area (Å²) in [6, 6.07) is 5.29. The highest BCUT2D eigenvalue weighted by atomic mass is 35.5. The van der Waals surface area contributed by atoms with Crippen molar-refractivity contribution >= 4 is 38.6 Å². The maximum Gasteiger partial charge on any atom is 0.275 e. The topological polar surface area (TPSA) is 50.3 Å². The Balaban J connectivity index is 2.50. The van der Waals surface area contributed by atoms with Gasteiger partial charge in [-0.15, -0.1) is 0 Å². The molecule has 0 saturated carbocycles. The molecular weight excluding hydrogens is 323 g/mol. The van der Waals surface area contributed by atoms with Gasteiger partial charge in [0.2, 0.25) is 0 Å². The quantitative estimate of drug-likeness (QED) is 0.860. The van der Waals surface area contributed by atoms with Gasteiger partial charge in [0.05, 0.1) is 11.4 Å². The van der Waals surface area contributed by atoms with E-state index in [0.717, 1.165) is 11.3 Å². The summed E-state index contributed by atoms with van der Waals surface area (Å²) >= 11 is 6.67. The van der Waals surface area contributed by atoms with Crippen molar-refractivity contribution in [1.29, 1.82) is 0 Å². The summed E-state index contributed by atoms with van der Waals surface area (Å²) in [6.07, 6.45) is 0. The Morgan fingerprint density at radius 3 is 2.40 bits per heavy atom. The molecule has 2 aromatic rings. The van der Waals surface area contributed by atoms with Crippen LogP contribution in [0.3, 0.4) is 0 Å². The van der Waals surface area contributed by atoms with Crippen molar-refractivity contribution in [3.05, 3.63) is 40.2 Å². The fourth-order valence-electron chi connectivity index (χ4n) is 1.79. The normalized spacial score (nSPS) is 11.6. The van der Waals surface area contributed by atoms with Gasteiger partial charge in [0.1, 0.15) is 5.82 Å². The number of hydrogen-bond acceptors (Lipinski definition) is 4. The van der Waals surface area contributed by atoms with E-state index >= 15 is 0 Å². The van der Waals surface area contributed by atoms with E-state index in [0.29, 0.717) is 11.4 Å². The van der Waals surface area contributed by atoms with Crippen molar-refractivity contribution in [2.24, 2.45) is 0 Å². The second-order valence-corrected chi connectivity index (χ2v) is 7.62. The minimum absolute atomic E-state index is 0.105. The Hall–Kier alpha value is -1.18. The highest BCUT2D eigenvalue weighted by Gasteiger charge is 2.28. The molecule has 0 unspecified atom stereocenters. The molecule has 8 heteroatoms. The molecule has 0 saturated heterocycles. The number of anilines is 1. The summed E-state index contributed by atoms with van der Waals surface area (Å²) < 4.78 is 39.7. The molecule has 0 aliphatic rings. The predicted molar refractivity (Wildman–Crippen MR) is 78.5 cm³/mol. The molecule has 20 heavy (non-hydrogen) atoms. The first kappa shape index (κ1) is 15.2. The van der Waals surface area contributed by atoms with Gasteiger partial charge >= 0.3 is 0 Å². The van der Waals surface area contributed by atoms with Gasteiger partial charge in [0.25, 0.3) is 10.0 Å². The average molecular weight is 335 g/mol. The molecule has 0 spiro atoms. The number of rotatable bonds is 4. The molecule has 2 rings (SSSR count). The summed E-state index contributed by atoms with van der Waals surface area (Å²) in [5, 5.41) is 0. The van der Waals surface area contributed by atoms with Gasteiger partial charge in [-0.05, 0) is 38.1 Å². The fourth-order valence-corrected chi connectivity index (χ4v) is 5.10. The van der Waals surface area contributed by atoms with E-state index in [1.54, 1.807) is 13.8 Å². The van der Waals surface area contributed by atoms with Crippen LogP contribution in [-0.2, 0) is 10.0 Å². The van der Waals surface area contributed by atoms with E-state index in [2.05, 4.69) is 4.98 Å². The molecule has 0 atom stereocenters. The number of benzene rings is 1. The lowest BCUT2D eigenvalue weighted by molar-refractivity contribution is 0.592. The summed E-state index contributed by atoms with van der Waals surface area (Å²) in [4.78, 5) is 3.92. The van der Waals surface area contributed by atoms with Crippen LogP contribution in [0.2, 0.25) is 4.47 Å². The first-order valence-electron chi connectivity index (χ1n) is 5.77. The highest BCUT2D eigenvalue weighted by Crippen LogP contribution is 2.31. The van der Waals surface area contributed by atoms with E-state index in [1.807, 2.05) is 0 Å². The third kappa shape index (κ3) is 2.79. The summed E-state index contributed by atoms with van der Waals surface area (Å²) in [7, 11) is -3.74. The zero-order chi connectivity index (χ0) is 14.9. The van der Waals surface area contributed by atoms with E-state index in [1.165, 1.54) is 28.6 Å². The smallest absolute Gasteiger partial charge is 0.266 e. The lowest BCUT2D eigenvalue weighted by Crippen LogP contribution is -2.30. The predicted octanol–water partition coefficient (Wildman–Crippen LogP) is 3.46. The van der Waals surface area contributed by atoms with Gasteiger partial charge in [-0.25, -0.2) is 17.8 Å². The maximum atomic E-state index is 12.9. The van der Waals surface area contributed by atoms with Crippen molar-refractivity contribution in [3.8, 4) is 0 Å². The Morgan fingerprint density at radius 2 is 1.95 bits per heavy atom. The molecule has 1 aromatic heterocycles. The van der Waals surface area contributed by atoms with E-state index in [4.69, 9.17) is 11.6 Å². The molecule has 0 aliphatic carbocycles. The van der Waals surface area contributed by atoms with Crippen LogP contribution in [0.4, 0.5) is 10.1 Å². The summed E-state index contributed by atoms with van der Waals surface area (Å²) in [5.41, 5.74) is 0.762. The first-order valence-corrected chi connectivity index (χ1v) is 8.41. The molecule has 1 aromatic carbocycles. The molecule has 0 bridgehead atoms. The molecule has 0 N–H and O–H groups in total. The van der Waals surface area contributed by atoms with Gasteiger partial charge in [0.15, 0.2) is 8.68 Å². The largest absolute Gasteiger partial charge is 0.275 e. The second-order valence-electron chi connectivity index (χ2n) is 3.99. The standard InChI is InChI=1S/C12H12ClFN2O2S2/c1-3-16(10-6-4-9(14)5-7-10)20(17,18)11-8(2)15-12(13)19-11/h4-7H,3H2,1-2H3. The minimum atomic E-state index is -3.74. The van der Waals surface area contributed by atoms with Crippen LogP contribution in [0.15, 0.2) is 28.5 Å². The van der Waals surface area contributed by atoms with Gasteiger partial charge in [-0.1, -0.05) is 22.9 Å². The third-order valence-electron chi connectivity index (χ3n) is 2.65. The lowest BCUT2D eigenvalue weighted by Gasteiger charge is -2.22. The molecule has 1 heterocycles. The Labute approximate surface area is 125 Å². The van der Waals surface area contributed by atoms with Crippen LogP contribution in [0.25, 0.3) is 0 Å². The number of halogens is 2. The third-order valence-corrected chi connectivity index (χ3v) is 6.41. The van der Waals surface area contributed by atoms with Crippen molar-refractivity contribution in [2.45, 2.75) is 18.1 Å². The first-order chi connectivity index (χ1) is 9.36. The van der Waals surface area contributed by atoms with E-state index < -0.39 is 15.8 Å². The average Bonchev–Trinajstić information content (AvgIpc) is 2.72. The van der Waals surface area contributed by atoms with Crippen LogP contribution in [0.5, 0.6) is 0 Å². The minimum Gasteiger partial charge on any atom is -0.266 e. The highest BCUT2D eigenvalue weighted by molar-refractivity contribution is 7.94. The van der Waals surface area contributed by atoms with Gasteiger partial charge in [-0.3, -0.25) is 4.31 Å². The van der Waals surface area contributed by atoms with Gasteiger partial charge < -0.3 is 0 Å². The van der Waals surface area contributed by atoms with Crippen molar-refractivity contribution in [3.63, 3.8) is 0 Å². The number of thiazole rings is 1. The van der Waals surface area contributed by atoms with Crippen LogP contribution < -0.4 is 4.31 Å². The van der Waals surface area contributed by atoms with Crippen LogP contribution in [0.1, 0.15) is 12.6 Å². The van der Waals surface area contributed by atoms with Crippen molar-refractivity contribution in [2.75, 3.05) is 10.8 Å².